The maximum absolute atomic E-state index is 5.67. The van der Waals surface area contributed by atoms with Crippen molar-refractivity contribution in [2.75, 3.05) is 0 Å². The highest BCUT2D eigenvalue weighted by atomic mass is 15.1. The third-order valence-corrected chi connectivity index (χ3v) is 1.73. The molecular weight excluding hydrogens is 138 g/mol. The van der Waals surface area contributed by atoms with Crippen molar-refractivity contribution in [2.45, 2.75) is 33.4 Å². The van der Waals surface area contributed by atoms with Crippen LogP contribution in [0.5, 0.6) is 0 Å². The first-order chi connectivity index (χ1) is 5.11. The van der Waals surface area contributed by atoms with Gasteiger partial charge in [-0.2, -0.15) is 0 Å². The number of imidazole rings is 1. The molecule has 0 amide bonds. The van der Waals surface area contributed by atoms with Crippen molar-refractivity contribution in [1.82, 2.24) is 9.55 Å². The lowest BCUT2D eigenvalue weighted by Gasteiger charge is -2.09. The Kier molecular flexibility index (Phi) is 2.29. The Bertz CT molecular complexity index is 218. The Balaban J connectivity index is 2.83. The number of hydrogen-bond donors (Lipinski definition) is 1. The maximum atomic E-state index is 5.67. The predicted octanol–water partition coefficient (Wildman–Crippen LogP) is 0.847. The molecule has 0 saturated carbocycles. The lowest BCUT2D eigenvalue weighted by molar-refractivity contribution is 0.567. The first-order valence-electron chi connectivity index (χ1n) is 3.85. The van der Waals surface area contributed by atoms with Crippen LogP contribution in [-0.2, 0) is 6.54 Å². The largest absolute Gasteiger partial charge is 0.331 e. The van der Waals surface area contributed by atoms with E-state index >= 15 is 0 Å². The minimum Gasteiger partial charge on any atom is -0.331 e. The molecule has 3 heteroatoms. The Morgan fingerprint density at radius 2 is 2.27 bits per heavy atom. The van der Waals surface area contributed by atoms with Gasteiger partial charge in [0.1, 0.15) is 5.82 Å². The van der Waals surface area contributed by atoms with E-state index in [1.165, 1.54) is 5.69 Å². The molecule has 1 atom stereocenters. The SMILES string of the molecule is Cc1cnc(C)n1CC(C)N. The quantitative estimate of drug-likeness (QED) is 0.684. The molecule has 0 aliphatic rings. The lowest BCUT2D eigenvalue weighted by Crippen LogP contribution is -2.23. The fraction of sp³-hybridized carbons (Fsp3) is 0.625. The second-order valence-electron chi connectivity index (χ2n) is 3.03. The second-order valence-corrected chi connectivity index (χ2v) is 3.03. The van der Waals surface area contributed by atoms with Crippen LogP contribution in [0.2, 0.25) is 0 Å². The molecule has 1 rings (SSSR count). The van der Waals surface area contributed by atoms with E-state index in [-0.39, 0.29) is 6.04 Å². The Labute approximate surface area is 67.2 Å². The summed E-state index contributed by atoms with van der Waals surface area (Å²) in [5.74, 6) is 1.04. The van der Waals surface area contributed by atoms with Crippen LogP contribution in [0.4, 0.5) is 0 Å². The number of hydrogen-bond acceptors (Lipinski definition) is 2. The topological polar surface area (TPSA) is 43.8 Å². The molecule has 0 bridgehead atoms. The molecule has 1 heterocycles. The maximum Gasteiger partial charge on any atom is 0.105 e. The van der Waals surface area contributed by atoms with Crippen LogP contribution in [0.15, 0.2) is 6.20 Å². The van der Waals surface area contributed by atoms with E-state index in [0.29, 0.717) is 0 Å². The second kappa shape index (κ2) is 3.05. The zero-order valence-corrected chi connectivity index (χ0v) is 7.33. The fourth-order valence-electron chi connectivity index (χ4n) is 1.15. The summed E-state index contributed by atoms with van der Waals surface area (Å²) in [5.41, 5.74) is 6.85. The fourth-order valence-corrected chi connectivity index (χ4v) is 1.15. The van der Waals surface area contributed by atoms with E-state index in [9.17, 15) is 0 Å². The third-order valence-electron chi connectivity index (χ3n) is 1.73. The molecule has 0 radical (unpaired) electrons. The normalized spacial score (nSPS) is 13.5. The molecule has 0 saturated heterocycles. The molecular formula is C8H15N3. The molecule has 3 nitrogen and oxygen atoms in total. The summed E-state index contributed by atoms with van der Waals surface area (Å²) in [4.78, 5) is 4.18. The number of rotatable bonds is 2. The van der Waals surface area contributed by atoms with Gasteiger partial charge in [0.2, 0.25) is 0 Å². The molecule has 0 aromatic carbocycles. The molecule has 0 fully saturated rings. The Hall–Kier alpha value is -0.830. The highest BCUT2D eigenvalue weighted by Crippen LogP contribution is 2.02. The van der Waals surface area contributed by atoms with Gasteiger partial charge in [-0.15, -0.1) is 0 Å². The Morgan fingerprint density at radius 3 is 2.64 bits per heavy atom. The van der Waals surface area contributed by atoms with Gasteiger partial charge in [-0.25, -0.2) is 4.98 Å². The molecule has 1 unspecified atom stereocenters. The monoisotopic (exact) mass is 153 g/mol. The standard InChI is InChI=1S/C8H15N3/c1-6(9)5-11-7(2)4-10-8(11)3/h4,6H,5,9H2,1-3H3. The average molecular weight is 153 g/mol. The van der Waals surface area contributed by atoms with Crippen LogP contribution in [0.25, 0.3) is 0 Å². The van der Waals surface area contributed by atoms with Crippen molar-refractivity contribution in [1.29, 1.82) is 0 Å². The van der Waals surface area contributed by atoms with E-state index in [0.717, 1.165) is 12.4 Å². The van der Waals surface area contributed by atoms with Crippen molar-refractivity contribution in [3.63, 3.8) is 0 Å². The van der Waals surface area contributed by atoms with Gasteiger partial charge in [-0.1, -0.05) is 0 Å². The number of aromatic nitrogens is 2. The van der Waals surface area contributed by atoms with Crippen LogP contribution < -0.4 is 5.73 Å². The van der Waals surface area contributed by atoms with Crippen LogP contribution in [0, 0.1) is 13.8 Å². The summed E-state index contributed by atoms with van der Waals surface area (Å²) in [7, 11) is 0. The summed E-state index contributed by atoms with van der Waals surface area (Å²) in [6, 6.07) is 0.196. The van der Waals surface area contributed by atoms with Crippen molar-refractivity contribution in [3.8, 4) is 0 Å². The van der Waals surface area contributed by atoms with Gasteiger partial charge in [0.05, 0.1) is 0 Å². The van der Waals surface area contributed by atoms with Crippen molar-refractivity contribution >= 4 is 0 Å². The molecule has 2 N–H and O–H groups in total. The van der Waals surface area contributed by atoms with Crippen LogP contribution in [0.3, 0.4) is 0 Å². The molecule has 0 aliphatic carbocycles. The highest BCUT2D eigenvalue weighted by molar-refractivity contribution is 5.01. The highest BCUT2D eigenvalue weighted by Gasteiger charge is 2.03. The first kappa shape index (κ1) is 8.27. The molecule has 0 spiro atoms. The van der Waals surface area contributed by atoms with E-state index in [1.54, 1.807) is 0 Å². The number of nitrogens with zero attached hydrogens (tertiary/aromatic N) is 2. The van der Waals surface area contributed by atoms with Gasteiger partial charge in [0.15, 0.2) is 0 Å². The molecule has 62 valence electrons. The molecule has 1 aromatic rings. The van der Waals surface area contributed by atoms with Crippen molar-refractivity contribution in [3.05, 3.63) is 17.7 Å². The van der Waals surface area contributed by atoms with Gasteiger partial charge in [0.25, 0.3) is 0 Å². The van der Waals surface area contributed by atoms with Crippen molar-refractivity contribution < 1.29 is 0 Å². The average Bonchev–Trinajstić information content (AvgIpc) is 2.18. The van der Waals surface area contributed by atoms with Gasteiger partial charge < -0.3 is 10.3 Å². The molecule has 0 aliphatic heterocycles. The van der Waals surface area contributed by atoms with E-state index in [2.05, 4.69) is 9.55 Å². The molecule has 11 heavy (non-hydrogen) atoms. The smallest absolute Gasteiger partial charge is 0.105 e. The third kappa shape index (κ3) is 1.80. The predicted molar refractivity (Wildman–Crippen MR) is 45.4 cm³/mol. The number of aryl methyl sites for hydroxylation is 2. The van der Waals surface area contributed by atoms with Crippen molar-refractivity contribution in [2.24, 2.45) is 5.73 Å². The molecule has 1 aromatic heterocycles. The van der Waals surface area contributed by atoms with Gasteiger partial charge in [0, 0.05) is 24.5 Å². The number of nitrogens with two attached hydrogens (primary N) is 1. The summed E-state index contributed by atoms with van der Waals surface area (Å²) >= 11 is 0. The van der Waals surface area contributed by atoms with Gasteiger partial charge >= 0.3 is 0 Å². The first-order valence-corrected chi connectivity index (χ1v) is 3.85. The zero-order chi connectivity index (χ0) is 8.43. The van der Waals surface area contributed by atoms with Crippen LogP contribution in [-0.4, -0.2) is 15.6 Å². The summed E-state index contributed by atoms with van der Waals surface area (Å²) in [5, 5.41) is 0. The summed E-state index contributed by atoms with van der Waals surface area (Å²) < 4.78 is 2.13. The zero-order valence-electron chi connectivity index (χ0n) is 7.33. The van der Waals surface area contributed by atoms with E-state index < -0.39 is 0 Å². The lowest BCUT2D eigenvalue weighted by atomic mass is 10.3. The minimum absolute atomic E-state index is 0.196. The van der Waals surface area contributed by atoms with Gasteiger partial charge in [-0.05, 0) is 20.8 Å². The summed E-state index contributed by atoms with van der Waals surface area (Å²) in [6.07, 6.45) is 1.87. The minimum atomic E-state index is 0.196. The van der Waals surface area contributed by atoms with E-state index in [4.69, 9.17) is 5.73 Å². The van der Waals surface area contributed by atoms with Crippen LogP contribution in [0.1, 0.15) is 18.4 Å². The van der Waals surface area contributed by atoms with Crippen LogP contribution >= 0.6 is 0 Å². The summed E-state index contributed by atoms with van der Waals surface area (Å²) in [6.45, 7) is 6.90. The van der Waals surface area contributed by atoms with E-state index in [1.807, 2.05) is 27.0 Å². The van der Waals surface area contributed by atoms with Gasteiger partial charge in [-0.3, -0.25) is 0 Å². The Morgan fingerprint density at radius 1 is 1.64 bits per heavy atom.